The topological polar surface area (TPSA) is 24.9 Å². The second-order valence-corrected chi connectivity index (χ2v) is 29.2. The van der Waals surface area contributed by atoms with E-state index < -0.39 is 10.8 Å². The van der Waals surface area contributed by atoms with Crippen molar-refractivity contribution in [3.05, 3.63) is 419 Å². The molecule has 4 nitrogen and oxygen atoms in total. The van der Waals surface area contributed by atoms with E-state index in [-0.39, 0.29) is 22.5 Å². The Bertz CT molecular complexity index is 5190. The molecule has 2 atom stereocenters. The molecule has 0 amide bonds. The Labute approximate surface area is 609 Å². The van der Waals surface area contributed by atoms with E-state index in [9.17, 15) is 0 Å². The fourth-order valence-corrected chi connectivity index (χ4v) is 15.7. The number of fused-ring (bicyclic) bond motifs is 6. The van der Waals surface area contributed by atoms with Gasteiger partial charge in [0, 0.05) is 22.7 Å². The van der Waals surface area contributed by atoms with Gasteiger partial charge < -0.3 is 19.3 Å². The monoisotopic (exact) mass is 1350 g/mol. The van der Waals surface area contributed by atoms with E-state index in [1.807, 2.05) is 94.7 Å². The van der Waals surface area contributed by atoms with E-state index in [1.54, 1.807) is 12.1 Å². The van der Waals surface area contributed by atoms with Crippen molar-refractivity contribution in [2.45, 2.75) is 63.2 Å². The Kier molecular flexibility index (Phi) is 16.9. The van der Waals surface area contributed by atoms with E-state index in [2.05, 4.69) is 285 Å². The van der Waals surface area contributed by atoms with E-state index in [0.717, 1.165) is 123 Å². The Morgan fingerprint density at radius 1 is 0.298 bits per heavy atom. The molecule has 6 heteroatoms. The normalized spacial score (nSPS) is 14.9. The lowest BCUT2D eigenvalue weighted by Gasteiger charge is -2.35. The molecule has 0 saturated heterocycles. The number of rotatable bonds is 17. The van der Waals surface area contributed by atoms with Gasteiger partial charge in [0.2, 0.25) is 0 Å². The maximum atomic E-state index is 16.8. The quantitative estimate of drug-likeness (QED) is 0.0907. The average Bonchev–Trinajstić information content (AvgIpc) is 1.53. The highest BCUT2D eigenvalue weighted by molar-refractivity contribution is 5.92. The molecule has 0 fully saturated rings. The number of hydrogen-bond acceptors (Lipinski definition) is 4. The van der Waals surface area contributed by atoms with Crippen LogP contribution >= 0.6 is 0 Å². The maximum Gasteiger partial charge on any atom is 0.147 e. The van der Waals surface area contributed by atoms with Crippen molar-refractivity contribution in [1.82, 2.24) is 0 Å². The van der Waals surface area contributed by atoms with Gasteiger partial charge in [-0.05, 0) is 232 Å². The molecule has 2 unspecified atom stereocenters. The molecule has 0 heterocycles. The highest BCUT2D eigenvalue weighted by Crippen LogP contribution is 2.60. The molecule has 16 rings (SSSR count). The summed E-state index contributed by atoms with van der Waals surface area (Å²) >= 11 is 0. The van der Waals surface area contributed by atoms with Gasteiger partial charge in [-0.25, -0.2) is 8.78 Å². The molecule has 0 aromatic heterocycles. The van der Waals surface area contributed by atoms with Gasteiger partial charge >= 0.3 is 0 Å². The highest BCUT2D eigenvalue weighted by Gasteiger charge is 2.48. The fourth-order valence-electron chi connectivity index (χ4n) is 15.7. The van der Waals surface area contributed by atoms with Crippen LogP contribution in [0.25, 0.3) is 45.5 Å². The molecule has 14 aromatic carbocycles. The van der Waals surface area contributed by atoms with Crippen molar-refractivity contribution in [1.29, 1.82) is 0 Å². The van der Waals surface area contributed by atoms with E-state index in [0.29, 0.717) is 22.9 Å². The molecule has 0 aliphatic heterocycles. The van der Waals surface area contributed by atoms with E-state index in [4.69, 9.17) is 9.47 Å². The molecule has 104 heavy (non-hydrogen) atoms. The van der Waals surface area contributed by atoms with Gasteiger partial charge in [0.25, 0.3) is 0 Å². The lowest BCUT2D eigenvalue weighted by Crippen LogP contribution is -2.29. The van der Waals surface area contributed by atoms with Crippen LogP contribution in [0.3, 0.4) is 0 Å². The average molecular weight is 1350 g/mol. The van der Waals surface area contributed by atoms with Crippen LogP contribution in [0.1, 0.15) is 108 Å². The zero-order chi connectivity index (χ0) is 71.5. The van der Waals surface area contributed by atoms with Crippen LogP contribution in [0.4, 0.5) is 42.9 Å². The second-order valence-electron chi connectivity index (χ2n) is 29.2. The first kappa shape index (κ1) is 66.2. The minimum atomic E-state index is -0.791. The van der Waals surface area contributed by atoms with Crippen molar-refractivity contribution >= 4 is 46.3 Å². The lowest BCUT2D eigenvalue weighted by molar-refractivity contribution is 0.482. The first-order valence-corrected chi connectivity index (χ1v) is 35.5. The SMILES string of the molecule is C=Cc1ccc(Oc2ccc(C3(c4ccc(C(C)(C)C)cc4)c4ccccc4-c4ccc(N(c5ccc(-c6ccc(N(c7ccc8c(c7)C(c7ccc(Oc9ccc(C=C)cc9)cc7)(c7ccc(C(C)(C)C)cc7)c7ccccc7-8)c7ccccc7F)cc6)cc5)c5ccccc5F)cc43)cc2)cc1. The first-order valence-electron chi connectivity index (χ1n) is 35.5. The number of benzene rings is 14. The molecule has 506 valence electrons. The van der Waals surface area contributed by atoms with Gasteiger partial charge in [0.15, 0.2) is 0 Å². The third-order valence-electron chi connectivity index (χ3n) is 21.0. The molecule has 14 aromatic rings. The summed E-state index contributed by atoms with van der Waals surface area (Å²) in [5, 5.41) is 0. The second kappa shape index (κ2) is 26.5. The number of para-hydroxylation sites is 2. The third kappa shape index (κ3) is 11.7. The summed E-state index contributed by atoms with van der Waals surface area (Å²) in [6, 6.07) is 112. The smallest absolute Gasteiger partial charge is 0.147 e. The Hall–Kier alpha value is -12.4. The fraction of sp³-hybridized carbons (Fsp3) is 0.102. The summed E-state index contributed by atoms with van der Waals surface area (Å²) in [5.41, 5.74) is 22.0. The van der Waals surface area contributed by atoms with Crippen LogP contribution in [0, 0.1) is 11.6 Å². The van der Waals surface area contributed by atoms with Gasteiger partial charge in [-0.3, -0.25) is 0 Å². The zero-order valence-electron chi connectivity index (χ0n) is 59.2. The molecule has 2 aliphatic carbocycles. The number of halogens is 2. The predicted octanol–water partition coefficient (Wildman–Crippen LogP) is 26.8. The summed E-state index contributed by atoms with van der Waals surface area (Å²) in [6.45, 7) is 21.3. The molecular weight excluding hydrogens is 1280 g/mol. The van der Waals surface area contributed by atoms with Crippen molar-refractivity contribution in [2.24, 2.45) is 0 Å². The van der Waals surface area contributed by atoms with Gasteiger partial charge in [-0.15, -0.1) is 0 Å². The summed E-state index contributed by atoms with van der Waals surface area (Å²) in [7, 11) is 0. The first-order chi connectivity index (χ1) is 50.5. The Morgan fingerprint density at radius 2 is 0.587 bits per heavy atom. The molecule has 2 aliphatic rings. The van der Waals surface area contributed by atoms with Crippen molar-refractivity contribution in [3.63, 3.8) is 0 Å². The standard InChI is InChI=1S/C98H78F2N2O2/c1-9-65-27-53-79(54-28-65)103-81-57-43-73(44-58-81)97(71-39-35-69(36-40-71)95(3,4)5)87-21-13-11-19-83(87)85-61-51-77(63-89(85)97)101(93-25-17-15-23-91(93)99)75-47-31-67(32-48-75)68-33-49-76(50-34-68)102(94-26-18-16-24-92(94)100)78-52-62-86-84-20-12-14-22-88(84)98(90(86)64-78,72-41-37-70(38-42-72)96(6,7)8)74-45-59-82(60-46-74)104-80-55-29-66(10-2)30-56-80/h9-64H,1-2H2,3-8H3. The van der Waals surface area contributed by atoms with Crippen LogP contribution < -0.4 is 19.3 Å². The molecule has 0 bridgehead atoms. The summed E-state index contributed by atoms with van der Waals surface area (Å²) in [4.78, 5) is 4.05. The summed E-state index contributed by atoms with van der Waals surface area (Å²) in [5.74, 6) is 2.20. The Morgan fingerprint density at radius 3 is 0.913 bits per heavy atom. The molecule has 0 N–H and O–H groups in total. The largest absolute Gasteiger partial charge is 0.457 e. The van der Waals surface area contributed by atoms with Gasteiger partial charge in [0.1, 0.15) is 34.6 Å². The summed E-state index contributed by atoms with van der Waals surface area (Å²) < 4.78 is 46.6. The summed E-state index contributed by atoms with van der Waals surface area (Å²) in [6.07, 6.45) is 3.65. The Balaban J connectivity index is 0.777. The van der Waals surface area contributed by atoms with Crippen LogP contribution in [0.2, 0.25) is 0 Å². The molecule has 0 saturated carbocycles. The van der Waals surface area contributed by atoms with Crippen LogP contribution in [0.15, 0.2) is 341 Å². The number of nitrogens with zero attached hydrogens (tertiary/aromatic N) is 2. The van der Waals surface area contributed by atoms with Crippen LogP contribution in [-0.2, 0) is 21.7 Å². The lowest BCUT2D eigenvalue weighted by atomic mass is 9.67. The molecular formula is C98H78F2N2O2. The highest BCUT2D eigenvalue weighted by atomic mass is 19.1. The minimum absolute atomic E-state index is 0.0710. The van der Waals surface area contributed by atoms with Crippen molar-refractivity contribution < 1.29 is 18.3 Å². The van der Waals surface area contributed by atoms with E-state index >= 15 is 8.78 Å². The third-order valence-corrected chi connectivity index (χ3v) is 21.0. The zero-order valence-corrected chi connectivity index (χ0v) is 59.2. The van der Waals surface area contributed by atoms with E-state index in [1.165, 1.54) is 23.3 Å². The minimum Gasteiger partial charge on any atom is -0.457 e. The number of hydrogen-bond donors (Lipinski definition) is 0. The molecule has 0 radical (unpaired) electrons. The van der Waals surface area contributed by atoms with Gasteiger partial charge in [0.05, 0.1) is 22.2 Å². The molecule has 0 spiro atoms. The number of ether oxygens (including phenoxy) is 2. The van der Waals surface area contributed by atoms with Gasteiger partial charge in [-0.1, -0.05) is 273 Å². The number of anilines is 6. The van der Waals surface area contributed by atoms with Crippen LogP contribution in [-0.4, -0.2) is 0 Å². The predicted molar refractivity (Wildman–Crippen MR) is 426 cm³/mol. The van der Waals surface area contributed by atoms with Gasteiger partial charge in [-0.2, -0.15) is 0 Å². The van der Waals surface area contributed by atoms with Crippen molar-refractivity contribution in [2.75, 3.05) is 9.80 Å². The van der Waals surface area contributed by atoms with Crippen LogP contribution in [0.5, 0.6) is 23.0 Å². The van der Waals surface area contributed by atoms with Crippen molar-refractivity contribution in [3.8, 4) is 56.4 Å². The maximum absolute atomic E-state index is 16.8.